The molecule has 0 radical (unpaired) electrons. The summed E-state index contributed by atoms with van der Waals surface area (Å²) < 4.78 is 5.53. The molecule has 0 unspecified atom stereocenters. The molecule has 1 aliphatic rings. The van der Waals surface area contributed by atoms with Gasteiger partial charge in [-0.3, -0.25) is 0 Å². The van der Waals surface area contributed by atoms with Crippen LogP contribution in [-0.2, 0) is 4.74 Å². The molecule has 1 N–H and O–H groups in total. The van der Waals surface area contributed by atoms with Gasteiger partial charge < -0.3 is 10.1 Å². The number of hydrogen-bond donors (Lipinski definition) is 1. The maximum Gasteiger partial charge on any atom is 0.150 e. The lowest BCUT2D eigenvalue weighted by atomic mass is 10.4. The fraction of sp³-hybridized carbons (Fsp3) is 0.583. The minimum atomic E-state index is 0.258. The van der Waals surface area contributed by atoms with Gasteiger partial charge in [0.2, 0.25) is 0 Å². The van der Waals surface area contributed by atoms with Crippen LogP contribution in [0.15, 0.2) is 6.07 Å². The molecule has 18 heavy (non-hydrogen) atoms. The molecule has 1 aromatic rings. The van der Waals surface area contributed by atoms with Gasteiger partial charge in [0.1, 0.15) is 11.0 Å². The summed E-state index contributed by atoms with van der Waals surface area (Å²) in [5.41, 5.74) is 0. The SMILES string of the molecule is Clc1cc(Cl)c(NCCCOCC2CC2)nc1Cl. The van der Waals surface area contributed by atoms with E-state index in [0.29, 0.717) is 15.9 Å². The fourth-order valence-corrected chi connectivity index (χ4v) is 2.05. The predicted octanol–water partition coefficient (Wildman–Crippen LogP) is 4.27. The van der Waals surface area contributed by atoms with Gasteiger partial charge in [-0.15, -0.1) is 0 Å². The number of ether oxygens (including phenoxy) is 1. The third kappa shape index (κ3) is 4.47. The Morgan fingerprint density at radius 1 is 1.28 bits per heavy atom. The highest BCUT2D eigenvalue weighted by atomic mass is 35.5. The van der Waals surface area contributed by atoms with Gasteiger partial charge >= 0.3 is 0 Å². The van der Waals surface area contributed by atoms with Gasteiger partial charge in [0, 0.05) is 19.8 Å². The molecule has 1 heterocycles. The van der Waals surface area contributed by atoms with Crippen molar-refractivity contribution in [3.8, 4) is 0 Å². The molecule has 3 nitrogen and oxygen atoms in total. The van der Waals surface area contributed by atoms with E-state index in [-0.39, 0.29) is 5.15 Å². The third-order valence-corrected chi connectivity index (χ3v) is 3.66. The van der Waals surface area contributed by atoms with Gasteiger partial charge in [0.25, 0.3) is 0 Å². The summed E-state index contributed by atoms with van der Waals surface area (Å²) in [4.78, 5) is 4.08. The lowest BCUT2D eigenvalue weighted by Gasteiger charge is -2.08. The number of nitrogens with zero attached hydrogens (tertiary/aromatic N) is 1. The van der Waals surface area contributed by atoms with E-state index in [9.17, 15) is 0 Å². The number of rotatable bonds is 7. The Bertz CT molecular complexity index is 411. The van der Waals surface area contributed by atoms with Gasteiger partial charge in [-0.2, -0.15) is 0 Å². The molecule has 1 aromatic heterocycles. The molecule has 100 valence electrons. The number of halogens is 3. The van der Waals surface area contributed by atoms with E-state index >= 15 is 0 Å². The van der Waals surface area contributed by atoms with E-state index in [1.54, 1.807) is 6.07 Å². The van der Waals surface area contributed by atoms with E-state index in [0.717, 1.165) is 32.1 Å². The van der Waals surface area contributed by atoms with Crippen molar-refractivity contribution in [1.29, 1.82) is 0 Å². The van der Waals surface area contributed by atoms with Gasteiger partial charge in [-0.1, -0.05) is 34.8 Å². The standard InChI is InChI=1S/C12H15Cl3N2O/c13-9-6-10(14)12(17-11(9)15)16-4-1-5-18-7-8-2-3-8/h6,8H,1-5,7H2,(H,16,17). The highest BCUT2D eigenvalue weighted by molar-refractivity contribution is 6.42. The van der Waals surface area contributed by atoms with Crippen LogP contribution in [0.3, 0.4) is 0 Å². The zero-order valence-corrected chi connectivity index (χ0v) is 12.2. The van der Waals surface area contributed by atoms with Crippen LogP contribution >= 0.6 is 34.8 Å². The first-order valence-corrected chi connectivity index (χ1v) is 7.13. The van der Waals surface area contributed by atoms with Crippen molar-refractivity contribution in [1.82, 2.24) is 4.98 Å². The topological polar surface area (TPSA) is 34.1 Å². The van der Waals surface area contributed by atoms with Crippen molar-refractivity contribution in [2.45, 2.75) is 19.3 Å². The third-order valence-electron chi connectivity index (χ3n) is 2.70. The molecule has 2 rings (SSSR count). The molecule has 1 saturated carbocycles. The average Bonchev–Trinajstić information content (AvgIpc) is 3.13. The van der Waals surface area contributed by atoms with Gasteiger partial charge in [0.05, 0.1) is 10.0 Å². The maximum atomic E-state index is 5.99. The lowest BCUT2D eigenvalue weighted by molar-refractivity contribution is 0.124. The minimum absolute atomic E-state index is 0.258. The predicted molar refractivity (Wildman–Crippen MR) is 75.9 cm³/mol. The summed E-state index contributed by atoms with van der Waals surface area (Å²) >= 11 is 17.6. The average molecular weight is 310 g/mol. The maximum absolute atomic E-state index is 5.99. The van der Waals surface area contributed by atoms with Gasteiger partial charge in [-0.25, -0.2) is 4.98 Å². The Hall–Kier alpha value is -0.220. The van der Waals surface area contributed by atoms with Crippen LogP contribution in [0, 0.1) is 5.92 Å². The van der Waals surface area contributed by atoms with Crippen LogP contribution in [0.2, 0.25) is 15.2 Å². The van der Waals surface area contributed by atoms with Crippen LogP contribution in [0.1, 0.15) is 19.3 Å². The molecular weight excluding hydrogens is 295 g/mol. The number of aromatic nitrogens is 1. The Balaban J connectivity index is 1.67. The zero-order valence-electron chi connectivity index (χ0n) is 9.89. The first kappa shape index (κ1) is 14.2. The number of anilines is 1. The summed E-state index contributed by atoms with van der Waals surface area (Å²) in [5.74, 6) is 1.37. The van der Waals surface area contributed by atoms with Crippen molar-refractivity contribution in [3.05, 3.63) is 21.3 Å². The first-order chi connectivity index (χ1) is 8.66. The van der Waals surface area contributed by atoms with Crippen molar-refractivity contribution in [2.75, 3.05) is 25.1 Å². The molecule has 6 heteroatoms. The smallest absolute Gasteiger partial charge is 0.150 e. The minimum Gasteiger partial charge on any atom is -0.381 e. The number of pyridine rings is 1. The van der Waals surface area contributed by atoms with Crippen LogP contribution in [0.5, 0.6) is 0 Å². The Kier molecular flexibility index (Phi) is 5.37. The van der Waals surface area contributed by atoms with Crippen molar-refractivity contribution in [2.24, 2.45) is 5.92 Å². The molecule has 1 aliphatic carbocycles. The summed E-state index contributed by atoms with van der Waals surface area (Å²) in [6.45, 7) is 2.39. The summed E-state index contributed by atoms with van der Waals surface area (Å²) in [7, 11) is 0. The second-order valence-corrected chi connectivity index (χ2v) is 5.56. The lowest BCUT2D eigenvalue weighted by Crippen LogP contribution is -2.08. The Morgan fingerprint density at radius 3 is 2.78 bits per heavy atom. The Morgan fingerprint density at radius 2 is 2.06 bits per heavy atom. The molecule has 0 aliphatic heterocycles. The van der Waals surface area contributed by atoms with Crippen molar-refractivity contribution >= 4 is 40.6 Å². The van der Waals surface area contributed by atoms with E-state index in [2.05, 4.69) is 10.3 Å². The van der Waals surface area contributed by atoms with E-state index in [1.165, 1.54) is 12.8 Å². The molecule has 0 atom stereocenters. The van der Waals surface area contributed by atoms with Crippen molar-refractivity contribution in [3.63, 3.8) is 0 Å². The van der Waals surface area contributed by atoms with E-state index < -0.39 is 0 Å². The Labute approximate surface area is 122 Å². The molecule has 1 fully saturated rings. The van der Waals surface area contributed by atoms with Gasteiger partial charge in [0.15, 0.2) is 0 Å². The summed E-state index contributed by atoms with van der Waals surface area (Å²) in [6, 6.07) is 1.59. The van der Waals surface area contributed by atoms with E-state index in [4.69, 9.17) is 39.5 Å². The second-order valence-electron chi connectivity index (χ2n) is 4.39. The van der Waals surface area contributed by atoms with E-state index in [1.807, 2.05) is 0 Å². The van der Waals surface area contributed by atoms with Crippen LogP contribution in [0.4, 0.5) is 5.82 Å². The quantitative estimate of drug-likeness (QED) is 0.603. The molecular formula is C12H15Cl3N2O. The molecule has 0 amide bonds. The molecule has 0 aromatic carbocycles. The molecule has 0 saturated heterocycles. The molecule has 0 bridgehead atoms. The normalized spacial score (nSPS) is 14.8. The highest BCUT2D eigenvalue weighted by Crippen LogP contribution is 2.29. The van der Waals surface area contributed by atoms with Crippen LogP contribution < -0.4 is 5.32 Å². The van der Waals surface area contributed by atoms with Crippen LogP contribution in [-0.4, -0.2) is 24.7 Å². The zero-order chi connectivity index (χ0) is 13.0. The van der Waals surface area contributed by atoms with Crippen LogP contribution in [0.25, 0.3) is 0 Å². The first-order valence-electron chi connectivity index (χ1n) is 6.00. The monoisotopic (exact) mass is 308 g/mol. The fourth-order valence-electron chi connectivity index (χ4n) is 1.48. The van der Waals surface area contributed by atoms with Crippen molar-refractivity contribution < 1.29 is 4.74 Å². The second kappa shape index (κ2) is 6.80. The highest BCUT2D eigenvalue weighted by Gasteiger charge is 2.20. The number of nitrogens with one attached hydrogen (secondary N) is 1. The molecule has 0 spiro atoms. The largest absolute Gasteiger partial charge is 0.381 e. The number of hydrogen-bond acceptors (Lipinski definition) is 3. The summed E-state index contributed by atoms with van der Waals surface area (Å²) in [5, 5.41) is 4.21. The van der Waals surface area contributed by atoms with Gasteiger partial charge in [-0.05, 0) is 31.2 Å². The summed E-state index contributed by atoms with van der Waals surface area (Å²) in [6.07, 6.45) is 3.55.